The van der Waals surface area contributed by atoms with E-state index in [2.05, 4.69) is 18.0 Å². The maximum Gasteiger partial charge on any atom is 0.133 e. The van der Waals surface area contributed by atoms with Crippen molar-refractivity contribution in [3.8, 4) is 5.75 Å². The van der Waals surface area contributed by atoms with Crippen molar-refractivity contribution in [1.82, 2.24) is 4.90 Å². The van der Waals surface area contributed by atoms with Gasteiger partial charge in [0.15, 0.2) is 0 Å². The summed E-state index contributed by atoms with van der Waals surface area (Å²) in [5.74, 6) is 1.31. The number of piperidine rings is 1. The lowest BCUT2D eigenvalue weighted by Gasteiger charge is -2.58. The average Bonchev–Trinajstić information content (AvgIpc) is 2.44. The second-order valence-electron chi connectivity index (χ2n) is 6.81. The van der Waals surface area contributed by atoms with Crippen molar-refractivity contribution in [3.63, 3.8) is 0 Å². The van der Waals surface area contributed by atoms with Crippen LogP contribution in [0.15, 0.2) is 18.2 Å². The standard InChI is InChI=1S/C17H21NO2/c1-18-8-7-17-6-5-11(19)9-14(17)15(18)10-12-13(17)3-2-4-16(12)20/h2-4,14-15,20H,5-10H2,1H3/t14-,15+,17-/m0/s1. The first-order chi connectivity index (χ1) is 9.62. The molecule has 2 aliphatic carbocycles. The SMILES string of the molecule is CN1CC[C@]23CCC(=O)C[C@H]2[C@H]1Cc1c(O)cccc13. The summed E-state index contributed by atoms with van der Waals surface area (Å²) in [4.78, 5) is 14.4. The number of carbonyl (C=O) groups excluding carboxylic acids is 1. The molecule has 1 aromatic rings. The van der Waals surface area contributed by atoms with Crippen LogP contribution in [0.2, 0.25) is 0 Å². The third-order valence-electron chi connectivity index (χ3n) is 6.05. The molecule has 3 nitrogen and oxygen atoms in total. The van der Waals surface area contributed by atoms with Crippen molar-refractivity contribution in [3.05, 3.63) is 29.3 Å². The second kappa shape index (κ2) is 4.08. The molecule has 1 saturated carbocycles. The molecule has 0 radical (unpaired) electrons. The highest BCUT2D eigenvalue weighted by molar-refractivity contribution is 5.80. The van der Waals surface area contributed by atoms with Crippen LogP contribution in [-0.4, -0.2) is 35.4 Å². The Morgan fingerprint density at radius 1 is 1.30 bits per heavy atom. The van der Waals surface area contributed by atoms with Crippen LogP contribution in [0.5, 0.6) is 5.75 Å². The van der Waals surface area contributed by atoms with Gasteiger partial charge in [0, 0.05) is 24.3 Å². The van der Waals surface area contributed by atoms with Crippen molar-refractivity contribution < 1.29 is 9.90 Å². The topological polar surface area (TPSA) is 40.5 Å². The summed E-state index contributed by atoms with van der Waals surface area (Å²) in [6.45, 7) is 1.10. The second-order valence-corrected chi connectivity index (χ2v) is 6.81. The Bertz CT molecular complexity index is 582. The Balaban J connectivity index is 1.92. The highest BCUT2D eigenvalue weighted by Crippen LogP contribution is 2.55. The number of hydrogen-bond acceptors (Lipinski definition) is 3. The number of Topliss-reactive ketones (excluding diaryl/α,β-unsaturated/α-hetero) is 1. The van der Waals surface area contributed by atoms with E-state index in [9.17, 15) is 9.90 Å². The van der Waals surface area contributed by atoms with Crippen molar-refractivity contribution in [1.29, 1.82) is 0 Å². The monoisotopic (exact) mass is 271 g/mol. The van der Waals surface area contributed by atoms with Crippen LogP contribution in [0.3, 0.4) is 0 Å². The van der Waals surface area contributed by atoms with Crippen LogP contribution in [0.25, 0.3) is 0 Å². The fraction of sp³-hybridized carbons (Fsp3) is 0.588. The fourth-order valence-corrected chi connectivity index (χ4v) is 4.99. The number of hydrogen-bond donors (Lipinski definition) is 1. The molecule has 0 spiro atoms. The number of benzene rings is 1. The Labute approximate surface area is 119 Å². The van der Waals surface area contributed by atoms with Crippen molar-refractivity contribution in [2.45, 2.75) is 43.6 Å². The summed E-state index contributed by atoms with van der Waals surface area (Å²) in [6, 6.07) is 6.38. The van der Waals surface area contributed by atoms with Crippen LogP contribution < -0.4 is 0 Å². The largest absolute Gasteiger partial charge is 0.508 e. The van der Waals surface area contributed by atoms with Gasteiger partial charge in [-0.15, -0.1) is 0 Å². The number of nitrogens with zero attached hydrogens (tertiary/aromatic N) is 1. The van der Waals surface area contributed by atoms with Gasteiger partial charge in [-0.2, -0.15) is 0 Å². The summed E-state index contributed by atoms with van der Waals surface area (Å²) in [5.41, 5.74) is 2.60. The molecule has 0 amide bonds. The zero-order chi connectivity index (χ0) is 13.9. The molecule has 3 aliphatic rings. The number of ketones is 1. The highest BCUT2D eigenvalue weighted by atomic mass is 16.3. The molecule has 2 bridgehead atoms. The van der Waals surface area contributed by atoms with Gasteiger partial charge in [0.25, 0.3) is 0 Å². The first kappa shape index (κ1) is 12.4. The number of rotatable bonds is 0. The quantitative estimate of drug-likeness (QED) is 0.787. The molecule has 4 rings (SSSR count). The van der Waals surface area contributed by atoms with Gasteiger partial charge in [-0.3, -0.25) is 4.79 Å². The lowest BCUT2D eigenvalue weighted by atomic mass is 9.52. The van der Waals surface area contributed by atoms with Gasteiger partial charge in [-0.25, -0.2) is 0 Å². The molecule has 1 saturated heterocycles. The van der Waals surface area contributed by atoms with E-state index in [0.29, 0.717) is 29.9 Å². The van der Waals surface area contributed by atoms with Crippen molar-refractivity contribution in [2.24, 2.45) is 5.92 Å². The lowest BCUT2D eigenvalue weighted by molar-refractivity contribution is -0.127. The number of likely N-dealkylation sites (N-methyl/N-ethyl adjacent to an activating group) is 1. The molecule has 1 N–H and O–H groups in total. The molecule has 3 atom stereocenters. The van der Waals surface area contributed by atoms with Gasteiger partial charge in [0.1, 0.15) is 11.5 Å². The number of fused-ring (bicyclic) bond motifs is 1. The van der Waals surface area contributed by atoms with E-state index in [4.69, 9.17) is 0 Å². The molecule has 20 heavy (non-hydrogen) atoms. The van der Waals surface area contributed by atoms with Crippen LogP contribution >= 0.6 is 0 Å². The van der Waals surface area contributed by atoms with Gasteiger partial charge in [-0.05, 0) is 56.0 Å². The Hall–Kier alpha value is -1.35. The molecule has 1 heterocycles. The normalized spacial score (nSPS) is 36.4. The van der Waals surface area contributed by atoms with E-state index in [-0.39, 0.29) is 5.41 Å². The van der Waals surface area contributed by atoms with E-state index >= 15 is 0 Å². The number of likely N-dealkylation sites (tertiary alicyclic amines) is 1. The first-order valence-electron chi connectivity index (χ1n) is 7.65. The third kappa shape index (κ3) is 1.47. The van der Waals surface area contributed by atoms with Gasteiger partial charge < -0.3 is 10.0 Å². The minimum absolute atomic E-state index is 0.136. The number of aromatic hydroxyl groups is 1. The Morgan fingerprint density at radius 3 is 3.00 bits per heavy atom. The van der Waals surface area contributed by atoms with Crippen LogP contribution in [0, 0.1) is 5.92 Å². The number of carbonyl (C=O) groups is 1. The summed E-state index contributed by atoms with van der Waals surface area (Å²) < 4.78 is 0. The zero-order valence-electron chi connectivity index (χ0n) is 11.9. The summed E-state index contributed by atoms with van der Waals surface area (Å²) in [5, 5.41) is 10.3. The van der Waals surface area contributed by atoms with Crippen molar-refractivity contribution in [2.75, 3.05) is 13.6 Å². The van der Waals surface area contributed by atoms with E-state index in [1.165, 1.54) is 5.56 Å². The number of phenols is 1. The van der Waals surface area contributed by atoms with E-state index in [0.717, 1.165) is 37.8 Å². The average molecular weight is 271 g/mol. The fourth-order valence-electron chi connectivity index (χ4n) is 4.99. The lowest BCUT2D eigenvalue weighted by Crippen LogP contribution is -2.60. The maximum atomic E-state index is 12.0. The highest BCUT2D eigenvalue weighted by Gasteiger charge is 2.54. The molecular formula is C17H21NO2. The summed E-state index contributed by atoms with van der Waals surface area (Å²) in [6.07, 6.45) is 4.41. The van der Waals surface area contributed by atoms with E-state index in [1.807, 2.05) is 6.07 Å². The van der Waals surface area contributed by atoms with Crippen LogP contribution in [0.4, 0.5) is 0 Å². The van der Waals surface area contributed by atoms with E-state index in [1.54, 1.807) is 6.07 Å². The zero-order valence-corrected chi connectivity index (χ0v) is 11.9. The first-order valence-corrected chi connectivity index (χ1v) is 7.65. The summed E-state index contributed by atoms with van der Waals surface area (Å²) in [7, 11) is 2.17. The minimum Gasteiger partial charge on any atom is -0.508 e. The third-order valence-corrected chi connectivity index (χ3v) is 6.05. The molecule has 0 aromatic heterocycles. The molecule has 1 aromatic carbocycles. The Kier molecular flexibility index (Phi) is 2.53. The molecule has 3 heteroatoms. The summed E-state index contributed by atoms with van der Waals surface area (Å²) >= 11 is 0. The van der Waals surface area contributed by atoms with Crippen molar-refractivity contribution >= 4 is 5.78 Å². The maximum absolute atomic E-state index is 12.0. The predicted molar refractivity (Wildman–Crippen MR) is 76.9 cm³/mol. The molecule has 2 fully saturated rings. The van der Waals surface area contributed by atoms with Gasteiger partial charge >= 0.3 is 0 Å². The Morgan fingerprint density at radius 2 is 2.15 bits per heavy atom. The molecular weight excluding hydrogens is 250 g/mol. The van der Waals surface area contributed by atoms with Gasteiger partial charge in [0.05, 0.1) is 0 Å². The molecule has 106 valence electrons. The smallest absolute Gasteiger partial charge is 0.133 e. The molecule has 1 aliphatic heterocycles. The van der Waals surface area contributed by atoms with Crippen LogP contribution in [0.1, 0.15) is 36.8 Å². The minimum atomic E-state index is 0.136. The predicted octanol–water partition coefficient (Wildman–Crippen LogP) is 2.26. The molecule has 0 unspecified atom stereocenters. The van der Waals surface area contributed by atoms with Gasteiger partial charge in [-0.1, -0.05) is 12.1 Å². The van der Waals surface area contributed by atoms with Crippen LogP contribution in [-0.2, 0) is 16.6 Å². The van der Waals surface area contributed by atoms with Gasteiger partial charge in [0.2, 0.25) is 0 Å². The number of phenolic OH excluding ortho intramolecular Hbond substituents is 1. The van der Waals surface area contributed by atoms with E-state index < -0.39 is 0 Å².